The van der Waals surface area contributed by atoms with Gasteiger partial charge in [0.05, 0.1) is 12.2 Å². The summed E-state index contributed by atoms with van der Waals surface area (Å²) < 4.78 is 16.9. The molecule has 0 fully saturated rings. The number of carbonyl (C=O) groups is 2. The minimum absolute atomic E-state index is 0.0671. The second-order valence-corrected chi connectivity index (χ2v) is 2.79. The van der Waals surface area contributed by atoms with Gasteiger partial charge >= 0.3 is 5.97 Å². The molecule has 88 valence electrons. The van der Waals surface area contributed by atoms with Gasteiger partial charge in [0.25, 0.3) is 0 Å². The van der Waals surface area contributed by atoms with Gasteiger partial charge in [-0.15, -0.1) is 0 Å². The normalized spacial score (nSPS) is 8.69. The fraction of sp³-hybridized carbons (Fsp3) is 0.273. The highest BCUT2D eigenvalue weighted by atomic mass is 19.1. The van der Waals surface area contributed by atoms with E-state index in [1.54, 1.807) is 6.92 Å². The van der Waals surface area contributed by atoms with Crippen LogP contribution in [0.15, 0.2) is 18.2 Å². The first kappa shape index (κ1) is 14.1. The maximum Gasteiger partial charge on any atom is 0.302 e. The number of carbonyl (C=O) groups excluding carboxylic acids is 2. The van der Waals surface area contributed by atoms with Crippen molar-refractivity contribution in [2.24, 2.45) is 0 Å². The molecule has 0 aliphatic rings. The first-order valence-electron chi connectivity index (χ1n) is 4.65. The van der Waals surface area contributed by atoms with Crippen molar-refractivity contribution in [2.75, 3.05) is 12.3 Å². The predicted molar refractivity (Wildman–Crippen MR) is 58.5 cm³/mol. The van der Waals surface area contributed by atoms with Crippen molar-refractivity contribution < 1.29 is 18.7 Å². The average molecular weight is 227 g/mol. The number of nitrogen functional groups attached to an aromatic ring is 1. The number of rotatable bonds is 2. The van der Waals surface area contributed by atoms with Gasteiger partial charge in [0, 0.05) is 12.6 Å². The summed E-state index contributed by atoms with van der Waals surface area (Å²) in [6.45, 7) is 3.65. The Morgan fingerprint density at radius 2 is 2.19 bits per heavy atom. The Labute approximate surface area is 93.2 Å². The summed E-state index contributed by atoms with van der Waals surface area (Å²) in [7, 11) is 0. The molecule has 0 bridgehead atoms. The average Bonchev–Trinajstić information content (AvgIpc) is 2.18. The molecule has 0 saturated heterocycles. The second-order valence-electron chi connectivity index (χ2n) is 2.79. The summed E-state index contributed by atoms with van der Waals surface area (Å²) in [5.74, 6) is -0.785. The number of nitrogens with two attached hydrogens (primary N) is 1. The second kappa shape index (κ2) is 7.39. The van der Waals surface area contributed by atoms with E-state index in [1.165, 1.54) is 25.1 Å². The highest BCUT2D eigenvalue weighted by Gasteiger charge is 2.01. The Morgan fingerprint density at radius 1 is 1.56 bits per heavy atom. The molecule has 1 aromatic carbocycles. The summed E-state index contributed by atoms with van der Waals surface area (Å²) in [6, 6.07) is 4.13. The summed E-state index contributed by atoms with van der Waals surface area (Å²) in [4.78, 5) is 19.9. The smallest absolute Gasteiger partial charge is 0.302 e. The van der Waals surface area contributed by atoms with Crippen molar-refractivity contribution in [1.29, 1.82) is 0 Å². The summed E-state index contributed by atoms with van der Waals surface area (Å²) >= 11 is 0. The molecule has 0 aliphatic carbocycles. The molecule has 0 atom stereocenters. The van der Waals surface area contributed by atoms with Crippen LogP contribution >= 0.6 is 0 Å². The van der Waals surface area contributed by atoms with Gasteiger partial charge in [-0.05, 0) is 19.1 Å². The predicted octanol–water partition coefficient (Wildman–Crippen LogP) is 1.79. The molecule has 0 aliphatic heterocycles. The van der Waals surface area contributed by atoms with Crippen molar-refractivity contribution in [3.05, 3.63) is 29.6 Å². The van der Waals surface area contributed by atoms with Gasteiger partial charge < -0.3 is 10.5 Å². The van der Waals surface area contributed by atoms with Gasteiger partial charge in [0.15, 0.2) is 6.29 Å². The van der Waals surface area contributed by atoms with Gasteiger partial charge in [-0.2, -0.15) is 0 Å². The standard InChI is InChI=1S/C7H6FNO.C4H8O2/c8-6-2-1-3-7(9)5(6)4-10;1-3-6-4(2)5/h1-4H,9H2;3H2,1-2H3. The largest absolute Gasteiger partial charge is 0.466 e. The van der Waals surface area contributed by atoms with Gasteiger partial charge in [0.2, 0.25) is 0 Å². The van der Waals surface area contributed by atoms with E-state index >= 15 is 0 Å². The molecule has 0 radical (unpaired) electrons. The molecule has 0 heterocycles. The zero-order valence-electron chi connectivity index (χ0n) is 9.20. The van der Waals surface area contributed by atoms with Crippen molar-refractivity contribution in [3.8, 4) is 0 Å². The quantitative estimate of drug-likeness (QED) is 0.475. The number of hydrogen-bond donors (Lipinski definition) is 1. The fourth-order valence-electron chi connectivity index (χ4n) is 0.881. The fourth-order valence-corrected chi connectivity index (χ4v) is 0.881. The lowest BCUT2D eigenvalue weighted by molar-refractivity contribution is -0.140. The first-order valence-corrected chi connectivity index (χ1v) is 4.65. The third kappa shape index (κ3) is 5.09. The van der Waals surface area contributed by atoms with Crippen LogP contribution in [0.5, 0.6) is 0 Å². The van der Waals surface area contributed by atoms with Gasteiger partial charge in [-0.1, -0.05) is 6.07 Å². The molecular formula is C11H14FNO3. The Kier molecular flexibility index (Phi) is 6.51. The summed E-state index contributed by atoms with van der Waals surface area (Å²) in [5.41, 5.74) is 5.37. The Bertz CT molecular complexity index is 346. The zero-order valence-corrected chi connectivity index (χ0v) is 9.20. The van der Waals surface area contributed by atoms with Crippen LogP contribution < -0.4 is 5.73 Å². The highest BCUT2D eigenvalue weighted by molar-refractivity contribution is 5.83. The molecule has 16 heavy (non-hydrogen) atoms. The van der Waals surface area contributed by atoms with Crippen LogP contribution in [-0.2, 0) is 9.53 Å². The summed E-state index contributed by atoms with van der Waals surface area (Å²) in [5, 5.41) is 0. The molecule has 0 amide bonds. The zero-order chi connectivity index (χ0) is 12.6. The molecule has 0 unspecified atom stereocenters. The molecule has 4 nitrogen and oxygen atoms in total. The Balaban J connectivity index is 0.000000325. The van der Waals surface area contributed by atoms with E-state index in [0.29, 0.717) is 12.9 Å². The van der Waals surface area contributed by atoms with E-state index in [0.717, 1.165) is 0 Å². The van der Waals surface area contributed by atoms with E-state index in [2.05, 4.69) is 4.74 Å². The minimum atomic E-state index is -0.574. The Morgan fingerprint density at radius 3 is 2.44 bits per heavy atom. The molecule has 0 spiro atoms. The third-order valence-electron chi connectivity index (χ3n) is 1.55. The third-order valence-corrected chi connectivity index (χ3v) is 1.55. The van der Waals surface area contributed by atoms with Crippen LogP contribution in [0.3, 0.4) is 0 Å². The van der Waals surface area contributed by atoms with Crippen LogP contribution in [0.25, 0.3) is 0 Å². The first-order chi connectivity index (χ1) is 7.52. The maximum atomic E-state index is 12.5. The van der Waals surface area contributed by atoms with Crippen molar-refractivity contribution >= 4 is 17.9 Å². The monoisotopic (exact) mass is 227 g/mol. The van der Waals surface area contributed by atoms with E-state index < -0.39 is 5.82 Å². The molecule has 0 saturated carbocycles. The van der Waals surface area contributed by atoms with E-state index in [4.69, 9.17) is 5.73 Å². The Hall–Kier alpha value is -1.91. The van der Waals surface area contributed by atoms with Gasteiger partial charge in [-0.3, -0.25) is 9.59 Å². The minimum Gasteiger partial charge on any atom is -0.466 e. The topological polar surface area (TPSA) is 69.4 Å². The number of esters is 1. The van der Waals surface area contributed by atoms with Crippen LogP contribution in [0.2, 0.25) is 0 Å². The molecule has 1 aromatic rings. The number of hydrogen-bond acceptors (Lipinski definition) is 4. The number of ether oxygens (including phenoxy) is 1. The maximum absolute atomic E-state index is 12.5. The van der Waals surface area contributed by atoms with E-state index in [-0.39, 0.29) is 17.2 Å². The highest BCUT2D eigenvalue weighted by Crippen LogP contribution is 2.11. The van der Waals surface area contributed by atoms with Crippen LogP contribution in [0, 0.1) is 5.82 Å². The van der Waals surface area contributed by atoms with E-state index in [9.17, 15) is 14.0 Å². The van der Waals surface area contributed by atoms with Crippen molar-refractivity contribution in [3.63, 3.8) is 0 Å². The van der Waals surface area contributed by atoms with Crippen LogP contribution in [0.1, 0.15) is 24.2 Å². The number of benzene rings is 1. The molecule has 5 heteroatoms. The van der Waals surface area contributed by atoms with Crippen molar-refractivity contribution in [2.45, 2.75) is 13.8 Å². The number of anilines is 1. The SMILES string of the molecule is CCOC(C)=O.Nc1cccc(F)c1C=O. The van der Waals surface area contributed by atoms with Crippen LogP contribution in [-0.4, -0.2) is 18.9 Å². The van der Waals surface area contributed by atoms with E-state index in [1.807, 2.05) is 0 Å². The molecule has 2 N–H and O–H groups in total. The lowest BCUT2D eigenvalue weighted by atomic mass is 10.2. The van der Waals surface area contributed by atoms with Gasteiger partial charge in [-0.25, -0.2) is 4.39 Å². The lowest BCUT2D eigenvalue weighted by Gasteiger charge is -1.96. The molecule has 0 aromatic heterocycles. The van der Waals surface area contributed by atoms with Crippen molar-refractivity contribution in [1.82, 2.24) is 0 Å². The molecular weight excluding hydrogens is 213 g/mol. The number of halogens is 1. The molecule has 1 rings (SSSR count). The number of aldehydes is 1. The van der Waals surface area contributed by atoms with Crippen LogP contribution in [0.4, 0.5) is 10.1 Å². The summed E-state index contributed by atoms with van der Waals surface area (Å²) in [6.07, 6.45) is 0.407. The van der Waals surface area contributed by atoms with Gasteiger partial charge in [0.1, 0.15) is 5.82 Å². The lowest BCUT2D eigenvalue weighted by Crippen LogP contribution is -1.95.